The van der Waals surface area contributed by atoms with Gasteiger partial charge in [-0.15, -0.1) is 5.10 Å². The van der Waals surface area contributed by atoms with E-state index in [9.17, 15) is 0 Å². The van der Waals surface area contributed by atoms with E-state index in [1.807, 2.05) is 22.5 Å². The highest BCUT2D eigenvalue weighted by atomic mass is 79.9. The van der Waals surface area contributed by atoms with Gasteiger partial charge in [-0.3, -0.25) is 9.36 Å². The number of nitrogens with zero attached hydrogens (tertiary/aromatic N) is 5. The highest BCUT2D eigenvalue weighted by molar-refractivity contribution is 9.10. The maximum absolute atomic E-state index is 4.48. The summed E-state index contributed by atoms with van der Waals surface area (Å²) in [6.07, 6.45) is 4.61. The van der Waals surface area contributed by atoms with Gasteiger partial charge < -0.3 is 5.32 Å². The molecule has 2 aromatic heterocycles. The summed E-state index contributed by atoms with van der Waals surface area (Å²) in [5.74, 6) is 0. The number of nitrogens with one attached hydrogen (secondary N) is 1. The van der Waals surface area contributed by atoms with Gasteiger partial charge in [-0.1, -0.05) is 5.21 Å². The highest BCUT2D eigenvalue weighted by Crippen LogP contribution is 2.20. The number of halogens is 1. The van der Waals surface area contributed by atoms with Crippen LogP contribution in [0.15, 0.2) is 16.9 Å². The number of hydrogen-bond donors (Lipinski definition) is 1. The fourth-order valence-corrected chi connectivity index (χ4v) is 2.39. The van der Waals surface area contributed by atoms with E-state index < -0.39 is 0 Å². The fraction of sp³-hybridized carbons (Fsp3) is 0.583. The van der Waals surface area contributed by atoms with E-state index in [2.05, 4.69) is 43.6 Å². The molecule has 0 atom stereocenters. The first-order chi connectivity index (χ1) is 9.22. The van der Waals surface area contributed by atoms with Crippen molar-refractivity contribution in [1.82, 2.24) is 30.1 Å². The van der Waals surface area contributed by atoms with Crippen LogP contribution in [0.3, 0.4) is 0 Å². The van der Waals surface area contributed by atoms with Crippen LogP contribution in [-0.4, -0.2) is 31.3 Å². The molecule has 0 aromatic carbocycles. The zero-order chi connectivity index (χ0) is 13.7. The van der Waals surface area contributed by atoms with E-state index in [1.54, 1.807) is 6.20 Å². The molecule has 0 radical (unpaired) electrons. The lowest BCUT2D eigenvalue weighted by atomic mass is 10.3. The van der Waals surface area contributed by atoms with E-state index in [1.165, 1.54) is 5.69 Å². The molecule has 104 valence electrons. The van der Waals surface area contributed by atoms with Crippen LogP contribution in [0, 0.1) is 6.92 Å². The molecule has 0 fully saturated rings. The van der Waals surface area contributed by atoms with Gasteiger partial charge in [0, 0.05) is 25.8 Å². The summed E-state index contributed by atoms with van der Waals surface area (Å²) in [7, 11) is 0. The molecule has 0 spiro atoms. The Balaban J connectivity index is 1.76. The van der Waals surface area contributed by atoms with E-state index in [0.29, 0.717) is 0 Å². The Labute approximate surface area is 121 Å². The first-order valence-corrected chi connectivity index (χ1v) is 7.28. The second-order valence-corrected chi connectivity index (χ2v) is 5.15. The van der Waals surface area contributed by atoms with Gasteiger partial charge in [-0.2, -0.15) is 5.10 Å². The van der Waals surface area contributed by atoms with Crippen molar-refractivity contribution < 1.29 is 0 Å². The lowest BCUT2D eigenvalue weighted by molar-refractivity contribution is 0.517. The summed E-state index contributed by atoms with van der Waals surface area (Å²) in [5.41, 5.74) is 2.25. The monoisotopic (exact) mass is 326 g/mol. The number of aryl methyl sites for hydroxylation is 3. The smallest absolute Gasteiger partial charge is 0.0739 e. The maximum Gasteiger partial charge on any atom is 0.0739 e. The Morgan fingerprint density at radius 3 is 2.95 bits per heavy atom. The van der Waals surface area contributed by atoms with Crippen LogP contribution < -0.4 is 5.32 Å². The maximum atomic E-state index is 4.48. The lowest BCUT2D eigenvalue weighted by Gasteiger charge is -2.07. The van der Waals surface area contributed by atoms with Gasteiger partial charge in [0.1, 0.15) is 0 Å². The quantitative estimate of drug-likeness (QED) is 0.787. The molecule has 2 heterocycles. The van der Waals surface area contributed by atoms with Gasteiger partial charge in [0.05, 0.1) is 22.1 Å². The molecule has 0 aliphatic carbocycles. The van der Waals surface area contributed by atoms with Crippen LogP contribution in [0.25, 0.3) is 0 Å². The van der Waals surface area contributed by atoms with Crippen molar-refractivity contribution in [3.63, 3.8) is 0 Å². The zero-order valence-electron chi connectivity index (χ0n) is 11.3. The highest BCUT2D eigenvalue weighted by Gasteiger charge is 2.10. The number of aromatic nitrogens is 5. The third kappa shape index (κ3) is 3.63. The number of hydrogen-bond acceptors (Lipinski definition) is 4. The van der Waals surface area contributed by atoms with Crippen molar-refractivity contribution in [3.05, 3.63) is 28.3 Å². The van der Waals surface area contributed by atoms with Crippen LogP contribution in [0.4, 0.5) is 0 Å². The molecule has 19 heavy (non-hydrogen) atoms. The second kappa shape index (κ2) is 6.81. The largest absolute Gasteiger partial charge is 0.311 e. The van der Waals surface area contributed by atoms with Crippen LogP contribution in [-0.2, 0) is 19.6 Å². The molecule has 2 aromatic rings. The van der Waals surface area contributed by atoms with Gasteiger partial charge in [0.25, 0.3) is 0 Å². The van der Waals surface area contributed by atoms with Crippen molar-refractivity contribution in [3.8, 4) is 0 Å². The van der Waals surface area contributed by atoms with Crippen LogP contribution in [0.5, 0.6) is 0 Å². The van der Waals surface area contributed by atoms with Gasteiger partial charge >= 0.3 is 0 Å². The Bertz CT molecular complexity index is 505. The van der Waals surface area contributed by atoms with Gasteiger partial charge in [-0.05, 0) is 42.7 Å². The SMILES string of the molecule is CCn1nc(C)c(Br)c1CNCCCn1ccnn1. The van der Waals surface area contributed by atoms with Gasteiger partial charge in [0.2, 0.25) is 0 Å². The topological polar surface area (TPSA) is 60.6 Å². The van der Waals surface area contributed by atoms with Crippen molar-refractivity contribution in [2.75, 3.05) is 6.54 Å². The summed E-state index contributed by atoms with van der Waals surface area (Å²) < 4.78 is 4.99. The number of rotatable bonds is 7. The van der Waals surface area contributed by atoms with Crippen molar-refractivity contribution in [2.45, 2.75) is 39.9 Å². The molecule has 1 N–H and O–H groups in total. The summed E-state index contributed by atoms with van der Waals surface area (Å²) in [5, 5.41) is 15.6. The van der Waals surface area contributed by atoms with Gasteiger partial charge in [-0.25, -0.2) is 0 Å². The summed E-state index contributed by atoms with van der Waals surface area (Å²) >= 11 is 3.60. The minimum Gasteiger partial charge on any atom is -0.311 e. The van der Waals surface area contributed by atoms with Gasteiger partial charge in [0.15, 0.2) is 0 Å². The Morgan fingerprint density at radius 2 is 2.26 bits per heavy atom. The molecule has 0 aliphatic rings. The standard InChI is InChI=1S/C12H19BrN6/c1-3-19-11(12(13)10(2)16-19)9-14-5-4-7-18-8-6-15-17-18/h6,8,14H,3-5,7,9H2,1-2H3. The average Bonchev–Trinajstić information content (AvgIpc) is 3.01. The Morgan fingerprint density at radius 1 is 1.42 bits per heavy atom. The third-order valence-electron chi connectivity index (χ3n) is 2.96. The van der Waals surface area contributed by atoms with E-state index in [-0.39, 0.29) is 0 Å². The molecule has 0 saturated heterocycles. The molecule has 0 bridgehead atoms. The minimum absolute atomic E-state index is 0.826. The molecular weight excluding hydrogens is 308 g/mol. The van der Waals surface area contributed by atoms with E-state index in [0.717, 1.165) is 42.8 Å². The molecule has 0 saturated carbocycles. The second-order valence-electron chi connectivity index (χ2n) is 4.36. The third-order valence-corrected chi connectivity index (χ3v) is 3.99. The predicted molar refractivity (Wildman–Crippen MR) is 76.7 cm³/mol. The van der Waals surface area contributed by atoms with Crippen molar-refractivity contribution in [2.24, 2.45) is 0 Å². The van der Waals surface area contributed by atoms with Crippen molar-refractivity contribution >= 4 is 15.9 Å². The first kappa shape index (κ1) is 14.2. The predicted octanol–water partition coefficient (Wildman–Crippen LogP) is 1.75. The molecule has 0 amide bonds. The van der Waals surface area contributed by atoms with E-state index in [4.69, 9.17) is 0 Å². The Kier molecular flexibility index (Phi) is 5.09. The first-order valence-electron chi connectivity index (χ1n) is 6.49. The fourth-order valence-electron chi connectivity index (χ4n) is 1.96. The summed E-state index contributed by atoms with van der Waals surface area (Å²) in [4.78, 5) is 0. The van der Waals surface area contributed by atoms with Crippen LogP contribution >= 0.6 is 15.9 Å². The van der Waals surface area contributed by atoms with Crippen molar-refractivity contribution in [1.29, 1.82) is 0 Å². The lowest BCUT2D eigenvalue weighted by Crippen LogP contribution is -2.19. The van der Waals surface area contributed by atoms with Crippen LogP contribution in [0.1, 0.15) is 24.7 Å². The van der Waals surface area contributed by atoms with Crippen LogP contribution in [0.2, 0.25) is 0 Å². The normalized spacial score (nSPS) is 11.1. The average molecular weight is 327 g/mol. The molecular formula is C12H19BrN6. The Hall–Kier alpha value is -1.21. The molecule has 0 unspecified atom stereocenters. The minimum atomic E-state index is 0.826. The molecule has 2 rings (SSSR count). The summed E-state index contributed by atoms with van der Waals surface area (Å²) in [6.45, 7) is 7.67. The molecule has 7 heteroatoms. The van der Waals surface area contributed by atoms with E-state index >= 15 is 0 Å². The summed E-state index contributed by atoms with van der Waals surface area (Å²) in [6, 6.07) is 0. The molecule has 0 aliphatic heterocycles. The molecule has 6 nitrogen and oxygen atoms in total. The zero-order valence-corrected chi connectivity index (χ0v) is 12.9.